The van der Waals surface area contributed by atoms with Crippen LogP contribution in [0.1, 0.15) is 16.7 Å². The van der Waals surface area contributed by atoms with Crippen molar-refractivity contribution in [2.75, 3.05) is 32.8 Å². The minimum atomic E-state index is -4.58. The number of imide groups is 1. The Balaban J connectivity index is 1.49. The van der Waals surface area contributed by atoms with Crippen molar-refractivity contribution in [1.82, 2.24) is 19.8 Å². The highest BCUT2D eigenvalue weighted by Crippen LogP contribution is 2.40. The molecule has 2 amide bonds. The van der Waals surface area contributed by atoms with E-state index < -0.39 is 29.7 Å². The van der Waals surface area contributed by atoms with Crippen molar-refractivity contribution in [3.05, 3.63) is 71.5 Å². The number of benzene rings is 2. The molecule has 0 bridgehead atoms. The zero-order chi connectivity index (χ0) is 27.3. The number of aliphatic hydroxyl groups is 1. The molecule has 0 aliphatic carbocycles. The standard InChI is InChI=1S/C28H25F3N4O4/c29-28(30,31)16-5-6-19-21(15-35(23(19)11-16)14-17(36)13-34-7-9-39-10-8-34)25-24(26(37)33-27(25)38)20-12-32-22-4-2-1-3-18(20)22/h1-6,11-12,15,17,32,36H,7-10,13-14H2,(H,33,37,38). The third-order valence-corrected chi connectivity index (χ3v) is 7.25. The molecular weight excluding hydrogens is 513 g/mol. The van der Waals surface area contributed by atoms with Gasteiger partial charge in [0, 0.05) is 71.5 Å². The predicted octanol–water partition coefficient (Wildman–Crippen LogP) is 3.40. The molecule has 202 valence electrons. The zero-order valence-corrected chi connectivity index (χ0v) is 20.7. The number of rotatable bonds is 6. The number of alkyl halides is 3. The van der Waals surface area contributed by atoms with Crippen molar-refractivity contribution < 1.29 is 32.6 Å². The normalized spacial score (nSPS) is 17.9. The van der Waals surface area contributed by atoms with Gasteiger partial charge in [0.2, 0.25) is 0 Å². The number of carbonyl (C=O) groups is 2. The maximum atomic E-state index is 13.6. The second kappa shape index (κ2) is 9.67. The highest BCUT2D eigenvalue weighted by Gasteiger charge is 2.36. The molecule has 0 radical (unpaired) electrons. The number of morpholine rings is 1. The molecule has 1 saturated heterocycles. The molecule has 2 aliphatic rings. The van der Waals surface area contributed by atoms with Gasteiger partial charge in [-0.3, -0.25) is 19.8 Å². The van der Waals surface area contributed by atoms with Crippen molar-refractivity contribution in [2.45, 2.75) is 18.8 Å². The Morgan fingerprint density at radius 1 is 0.949 bits per heavy atom. The van der Waals surface area contributed by atoms with Gasteiger partial charge in [0.1, 0.15) is 0 Å². The van der Waals surface area contributed by atoms with Gasteiger partial charge in [0.25, 0.3) is 11.8 Å². The molecule has 2 aliphatic heterocycles. The number of para-hydroxylation sites is 1. The van der Waals surface area contributed by atoms with E-state index in [2.05, 4.69) is 10.3 Å². The molecule has 1 fully saturated rings. The van der Waals surface area contributed by atoms with E-state index in [4.69, 9.17) is 4.74 Å². The summed E-state index contributed by atoms with van der Waals surface area (Å²) in [6.07, 6.45) is -2.27. The maximum absolute atomic E-state index is 13.6. The molecule has 1 unspecified atom stereocenters. The number of hydrogen-bond donors (Lipinski definition) is 3. The first-order chi connectivity index (χ1) is 18.7. The number of nitrogens with one attached hydrogen (secondary N) is 2. The Hall–Kier alpha value is -3.93. The number of carbonyl (C=O) groups excluding carboxylic acids is 2. The van der Waals surface area contributed by atoms with Gasteiger partial charge < -0.3 is 19.4 Å². The fourth-order valence-electron chi connectivity index (χ4n) is 5.43. The van der Waals surface area contributed by atoms with Crippen LogP contribution in [0.5, 0.6) is 0 Å². The molecule has 0 saturated carbocycles. The van der Waals surface area contributed by atoms with Crippen LogP contribution in [-0.2, 0) is 27.0 Å². The molecule has 2 aromatic heterocycles. The predicted molar refractivity (Wildman–Crippen MR) is 138 cm³/mol. The molecule has 6 rings (SSSR count). The Labute approximate surface area is 220 Å². The van der Waals surface area contributed by atoms with E-state index in [0.29, 0.717) is 49.4 Å². The van der Waals surface area contributed by atoms with Crippen LogP contribution in [0.4, 0.5) is 13.2 Å². The Morgan fingerprint density at radius 3 is 2.41 bits per heavy atom. The molecule has 8 nitrogen and oxygen atoms in total. The lowest BCUT2D eigenvalue weighted by molar-refractivity contribution is -0.137. The van der Waals surface area contributed by atoms with E-state index in [1.54, 1.807) is 12.4 Å². The van der Waals surface area contributed by atoms with E-state index in [1.807, 2.05) is 29.2 Å². The first kappa shape index (κ1) is 25.4. The number of halogens is 3. The van der Waals surface area contributed by atoms with Gasteiger partial charge in [0.05, 0.1) is 36.0 Å². The zero-order valence-electron chi connectivity index (χ0n) is 20.7. The molecule has 2 aromatic carbocycles. The largest absolute Gasteiger partial charge is 0.416 e. The summed E-state index contributed by atoms with van der Waals surface area (Å²) in [6, 6.07) is 10.6. The Kier molecular flexibility index (Phi) is 6.29. The van der Waals surface area contributed by atoms with Gasteiger partial charge in [-0.2, -0.15) is 13.2 Å². The smallest absolute Gasteiger partial charge is 0.390 e. The molecule has 39 heavy (non-hydrogen) atoms. The average molecular weight is 539 g/mol. The lowest BCUT2D eigenvalue weighted by atomic mass is 9.95. The second-order valence-corrected chi connectivity index (χ2v) is 9.77. The van der Waals surface area contributed by atoms with Gasteiger partial charge in [-0.05, 0) is 18.2 Å². The van der Waals surface area contributed by atoms with Crippen LogP contribution < -0.4 is 5.32 Å². The minimum absolute atomic E-state index is 0.000428. The van der Waals surface area contributed by atoms with Crippen molar-refractivity contribution in [1.29, 1.82) is 0 Å². The highest BCUT2D eigenvalue weighted by atomic mass is 19.4. The minimum Gasteiger partial charge on any atom is -0.390 e. The van der Waals surface area contributed by atoms with Crippen molar-refractivity contribution in [3.8, 4) is 0 Å². The monoisotopic (exact) mass is 538 g/mol. The quantitative estimate of drug-likeness (QED) is 0.327. The third kappa shape index (κ3) is 4.62. The summed E-state index contributed by atoms with van der Waals surface area (Å²) in [5.41, 5.74) is 1.20. The number of fused-ring (bicyclic) bond motifs is 2. The van der Waals surface area contributed by atoms with E-state index in [1.165, 1.54) is 10.6 Å². The van der Waals surface area contributed by atoms with Crippen LogP contribution in [0.15, 0.2) is 54.9 Å². The van der Waals surface area contributed by atoms with Crippen LogP contribution >= 0.6 is 0 Å². The van der Waals surface area contributed by atoms with Crippen molar-refractivity contribution in [2.24, 2.45) is 0 Å². The molecule has 4 heterocycles. The number of aliphatic hydroxyl groups excluding tert-OH is 1. The summed E-state index contributed by atoms with van der Waals surface area (Å²) in [6.45, 7) is 2.71. The number of amides is 2. The third-order valence-electron chi connectivity index (χ3n) is 7.25. The average Bonchev–Trinajstić information content (AvgIpc) is 3.56. The topological polar surface area (TPSA) is 99.6 Å². The highest BCUT2D eigenvalue weighted by molar-refractivity contribution is 6.50. The Bertz CT molecular complexity index is 1630. The molecular formula is C28H25F3N4O4. The SMILES string of the molecule is O=C1NC(=O)C(c2cn(CC(O)CN3CCOCC3)c3cc(C(F)(F)F)ccc23)=C1c1c[nH]c2ccccc12. The maximum Gasteiger partial charge on any atom is 0.416 e. The number of β-amino-alcohol motifs (C(OH)–C–C–N with tert-alkyl or cyclic N) is 1. The fourth-order valence-corrected chi connectivity index (χ4v) is 5.43. The molecule has 3 N–H and O–H groups in total. The fraction of sp³-hybridized carbons (Fsp3) is 0.286. The van der Waals surface area contributed by atoms with Crippen LogP contribution in [-0.4, -0.2) is 70.3 Å². The van der Waals surface area contributed by atoms with Gasteiger partial charge in [-0.1, -0.05) is 24.3 Å². The van der Waals surface area contributed by atoms with Gasteiger partial charge in [-0.25, -0.2) is 0 Å². The molecule has 0 spiro atoms. The summed E-state index contributed by atoms with van der Waals surface area (Å²) >= 11 is 0. The first-order valence-corrected chi connectivity index (χ1v) is 12.6. The van der Waals surface area contributed by atoms with Gasteiger partial charge in [-0.15, -0.1) is 0 Å². The summed E-state index contributed by atoms with van der Waals surface area (Å²) in [5.74, 6) is -1.21. The van der Waals surface area contributed by atoms with E-state index in [-0.39, 0.29) is 23.2 Å². The first-order valence-electron chi connectivity index (χ1n) is 12.6. The number of ether oxygens (including phenoxy) is 1. The number of aromatic amines is 1. The molecule has 1 atom stereocenters. The lowest BCUT2D eigenvalue weighted by Gasteiger charge is -2.28. The molecule has 4 aromatic rings. The van der Waals surface area contributed by atoms with E-state index in [0.717, 1.165) is 23.0 Å². The summed E-state index contributed by atoms with van der Waals surface area (Å²) < 4.78 is 47.8. The van der Waals surface area contributed by atoms with Crippen LogP contribution in [0, 0.1) is 0 Å². The van der Waals surface area contributed by atoms with Crippen LogP contribution in [0.2, 0.25) is 0 Å². The van der Waals surface area contributed by atoms with Gasteiger partial charge >= 0.3 is 6.18 Å². The van der Waals surface area contributed by atoms with Gasteiger partial charge in [0.15, 0.2) is 0 Å². The number of hydrogen-bond acceptors (Lipinski definition) is 5. The summed E-state index contributed by atoms with van der Waals surface area (Å²) in [5, 5.41) is 14.3. The van der Waals surface area contributed by atoms with Crippen molar-refractivity contribution >= 4 is 44.8 Å². The van der Waals surface area contributed by atoms with Crippen LogP contribution in [0.25, 0.3) is 33.0 Å². The Morgan fingerprint density at radius 2 is 1.67 bits per heavy atom. The van der Waals surface area contributed by atoms with Crippen LogP contribution in [0.3, 0.4) is 0 Å². The number of nitrogens with zero attached hydrogens (tertiary/aromatic N) is 2. The summed E-state index contributed by atoms with van der Waals surface area (Å²) in [7, 11) is 0. The second-order valence-electron chi connectivity index (χ2n) is 9.77. The molecule has 11 heteroatoms. The summed E-state index contributed by atoms with van der Waals surface area (Å²) in [4.78, 5) is 31.3. The lowest BCUT2D eigenvalue weighted by Crippen LogP contribution is -2.41. The van der Waals surface area contributed by atoms with E-state index >= 15 is 0 Å². The number of H-pyrrole nitrogens is 1. The van der Waals surface area contributed by atoms with Crippen molar-refractivity contribution in [3.63, 3.8) is 0 Å². The van der Waals surface area contributed by atoms with E-state index in [9.17, 15) is 27.9 Å². The number of aromatic nitrogens is 2.